The average molecular weight is 423 g/mol. The number of nitrogen functional groups attached to an aromatic ring is 1. The van der Waals surface area contributed by atoms with E-state index in [1.807, 2.05) is 12.1 Å². The molecule has 0 saturated carbocycles. The number of carbonyl (C=O) groups is 2. The number of methoxy groups -OCH3 is 1. The molecular formula is C21H21N5O3S. The molecular weight excluding hydrogens is 402 g/mol. The maximum Gasteiger partial charge on any atom is 0.322 e. The molecule has 0 spiro atoms. The number of benzene rings is 2. The van der Waals surface area contributed by atoms with Crippen LogP contribution < -0.4 is 21.1 Å². The molecule has 0 saturated heterocycles. The number of ether oxygens (including phenoxy) is 1. The van der Waals surface area contributed by atoms with Gasteiger partial charge in [-0.1, -0.05) is 18.2 Å². The van der Waals surface area contributed by atoms with Crippen LogP contribution in [0.4, 0.5) is 21.9 Å². The van der Waals surface area contributed by atoms with Crippen LogP contribution >= 0.6 is 11.3 Å². The summed E-state index contributed by atoms with van der Waals surface area (Å²) in [5.41, 5.74) is 8.45. The smallest absolute Gasteiger partial charge is 0.322 e. The molecule has 0 bridgehead atoms. The van der Waals surface area contributed by atoms with Crippen LogP contribution in [0.5, 0.6) is 5.75 Å². The molecule has 2 heterocycles. The maximum atomic E-state index is 12.7. The van der Waals surface area contributed by atoms with E-state index in [4.69, 9.17) is 10.5 Å². The van der Waals surface area contributed by atoms with Gasteiger partial charge in [-0.15, -0.1) is 11.3 Å². The van der Waals surface area contributed by atoms with E-state index in [1.54, 1.807) is 48.4 Å². The number of carbonyl (C=O) groups excluding carboxylic acids is 2. The molecule has 1 aliphatic heterocycles. The molecule has 0 unspecified atom stereocenters. The van der Waals surface area contributed by atoms with E-state index in [0.29, 0.717) is 47.3 Å². The maximum absolute atomic E-state index is 12.7. The van der Waals surface area contributed by atoms with Crippen LogP contribution in [0, 0.1) is 0 Å². The van der Waals surface area contributed by atoms with E-state index in [2.05, 4.69) is 15.6 Å². The third kappa shape index (κ3) is 4.20. The van der Waals surface area contributed by atoms with Crippen molar-refractivity contribution in [2.45, 2.75) is 13.0 Å². The van der Waals surface area contributed by atoms with Crippen molar-refractivity contribution < 1.29 is 14.3 Å². The van der Waals surface area contributed by atoms with Gasteiger partial charge in [-0.3, -0.25) is 4.79 Å². The summed E-state index contributed by atoms with van der Waals surface area (Å²) in [4.78, 5) is 32.3. The summed E-state index contributed by atoms with van der Waals surface area (Å²) in [5, 5.41) is 6.04. The van der Waals surface area contributed by atoms with Gasteiger partial charge in [0.1, 0.15) is 5.75 Å². The van der Waals surface area contributed by atoms with Crippen molar-refractivity contribution in [2.75, 3.05) is 30.0 Å². The second kappa shape index (κ2) is 8.42. The predicted octanol–water partition coefficient (Wildman–Crippen LogP) is 3.58. The first-order valence-electron chi connectivity index (χ1n) is 9.38. The Hall–Kier alpha value is -3.59. The Morgan fingerprint density at radius 3 is 2.80 bits per heavy atom. The molecule has 1 aromatic heterocycles. The van der Waals surface area contributed by atoms with Gasteiger partial charge in [-0.2, -0.15) is 0 Å². The van der Waals surface area contributed by atoms with Crippen LogP contribution in [-0.4, -0.2) is 35.5 Å². The molecule has 4 rings (SSSR count). The Labute approximate surface area is 177 Å². The lowest BCUT2D eigenvalue weighted by Gasteiger charge is -2.26. The number of hydrogen-bond acceptors (Lipinski definition) is 6. The summed E-state index contributed by atoms with van der Waals surface area (Å²) in [7, 11) is 1.58. The zero-order valence-electron chi connectivity index (χ0n) is 16.3. The molecule has 0 aliphatic carbocycles. The Morgan fingerprint density at radius 2 is 2.00 bits per heavy atom. The lowest BCUT2D eigenvalue weighted by molar-refractivity contribution is 0.102. The highest BCUT2D eigenvalue weighted by atomic mass is 32.1. The fourth-order valence-corrected chi connectivity index (χ4v) is 4.17. The molecule has 0 radical (unpaired) electrons. The van der Waals surface area contributed by atoms with Crippen molar-refractivity contribution in [3.63, 3.8) is 0 Å². The fourth-order valence-electron chi connectivity index (χ4n) is 3.16. The molecule has 154 valence electrons. The van der Waals surface area contributed by atoms with Crippen molar-refractivity contribution in [2.24, 2.45) is 0 Å². The summed E-state index contributed by atoms with van der Waals surface area (Å²) in [6.45, 7) is 0.933. The predicted molar refractivity (Wildman–Crippen MR) is 117 cm³/mol. The van der Waals surface area contributed by atoms with Gasteiger partial charge in [0, 0.05) is 29.6 Å². The van der Waals surface area contributed by atoms with Crippen LogP contribution in [-0.2, 0) is 13.0 Å². The van der Waals surface area contributed by atoms with Gasteiger partial charge in [-0.25, -0.2) is 9.78 Å². The summed E-state index contributed by atoms with van der Waals surface area (Å²) in [6.07, 6.45) is 0.595. The third-order valence-electron chi connectivity index (χ3n) is 4.74. The highest BCUT2D eigenvalue weighted by molar-refractivity contribution is 7.13. The van der Waals surface area contributed by atoms with Gasteiger partial charge >= 0.3 is 6.03 Å². The number of nitrogens with zero attached hydrogens (tertiary/aromatic N) is 2. The van der Waals surface area contributed by atoms with Crippen LogP contribution in [0.25, 0.3) is 0 Å². The van der Waals surface area contributed by atoms with Gasteiger partial charge in [0.2, 0.25) is 0 Å². The Kier molecular flexibility index (Phi) is 5.53. The van der Waals surface area contributed by atoms with Gasteiger partial charge in [0.25, 0.3) is 5.91 Å². The van der Waals surface area contributed by atoms with Gasteiger partial charge in [-0.05, 0) is 24.3 Å². The Balaban J connectivity index is 1.43. The van der Waals surface area contributed by atoms with Crippen molar-refractivity contribution in [1.82, 2.24) is 9.88 Å². The number of para-hydroxylation sites is 2. The topological polar surface area (TPSA) is 110 Å². The first-order valence-corrected chi connectivity index (χ1v) is 10.2. The number of amides is 3. The lowest BCUT2D eigenvalue weighted by atomic mass is 10.2. The average Bonchev–Trinajstić information content (AvgIpc) is 3.19. The first-order chi connectivity index (χ1) is 14.5. The molecule has 2 aromatic carbocycles. The molecule has 1 aliphatic rings. The second-order valence-corrected chi connectivity index (χ2v) is 7.85. The van der Waals surface area contributed by atoms with E-state index in [9.17, 15) is 9.59 Å². The monoisotopic (exact) mass is 423 g/mol. The van der Waals surface area contributed by atoms with Crippen molar-refractivity contribution in [1.29, 1.82) is 0 Å². The SMILES string of the molecule is COc1cccc(NC(=O)N2CCc3nc(C(=O)Nc4ccccc4N)sc3C2)c1. The molecule has 9 heteroatoms. The minimum Gasteiger partial charge on any atom is -0.497 e. The van der Waals surface area contributed by atoms with Crippen molar-refractivity contribution >= 4 is 40.3 Å². The molecule has 4 N–H and O–H groups in total. The summed E-state index contributed by atoms with van der Waals surface area (Å²) < 4.78 is 5.19. The number of aromatic nitrogens is 1. The second-order valence-electron chi connectivity index (χ2n) is 6.76. The Morgan fingerprint density at radius 1 is 1.17 bits per heavy atom. The zero-order valence-corrected chi connectivity index (χ0v) is 17.2. The number of urea groups is 1. The van der Waals surface area contributed by atoms with Gasteiger partial charge < -0.3 is 26.0 Å². The third-order valence-corrected chi connectivity index (χ3v) is 5.82. The van der Waals surface area contributed by atoms with Crippen LogP contribution in [0.15, 0.2) is 48.5 Å². The minimum absolute atomic E-state index is 0.203. The number of anilines is 3. The van der Waals surface area contributed by atoms with Crippen LogP contribution in [0.2, 0.25) is 0 Å². The Bertz CT molecular complexity index is 1100. The van der Waals surface area contributed by atoms with Gasteiger partial charge in [0.05, 0.1) is 30.7 Å². The molecule has 3 aromatic rings. The number of hydrogen-bond donors (Lipinski definition) is 3. The minimum atomic E-state index is -0.306. The van der Waals surface area contributed by atoms with E-state index in [0.717, 1.165) is 10.6 Å². The zero-order chi connectivity index (χ0) is 21.1. The normalized spacial score (nSPS) is 12.8. The fraction of sp³-hybridized carbons (Fsp3) is 0.190. The van der Waals surface area contributed by atoms with E-state index < -0.39 is 0 Å². The highest BCUT2D eigenvalue weighted by Crippen LogP contribution is 2.27. The largest absolute Gasteiger partial charge is 0.497 e. The standard InChI is InChI=1S/C21H21N5O3S/c1-29-14-6-4-5-13(11-14)23-21(28)26-10-9-17-18(12-26)30-20(25-17)19(27)24-16-8-3-2-7-15(16)22/h2-8,11H,9-10,12,22H2,1H3,(H,23,28)(H,24,27). The number of rotatable bonds is 4. The number of fused-ring (bicyclic) bond motifs is 1. The molecule has 0 atom stereocenters. The lowest BCUT2D eigenvalue weighted by Crippen LogP contribution is -2.38. The molecule has 30 heavy (non-hydrogen) atoms. The van der Waals surface area contributed by atoms with Gasteiger partial charge in [0.15, 0.2) is 5.01 Å². The highest BCUT2D eigenvalue weighted by Gasteiger charge is 2.26. The molecule has 0 fully saturated rings. The van der Waals surface area contributed by atoms with Crippen molar-refractivity contribution in [3.05, 3.63) is 64.1 Å². The van der Waals surface area contributed by atoms with Crippen LogP contribution in [0.1, 0.15) is 20.4 Å². The van der Waals surface area contributed by atoms with E-state index in [-0.39, 0.29) is 11.9 Å². The summed E-state index contributed by atoms with van der Waals surface area (Å²) in [5.74, 6) is 0.366. The molecule has 8 nitrogen and oxygen atoms in total. The first kappa shape index (κ1) is 19.7. The summed E-state index contributed by atoms with van der Waals surface area (Å²) in [6, 6.07) is 14.1. The van der Waals surface area contributed by atoms with Crippen LogP contribution in [0.3, 0.4) is 0 Å². The number of thiazole rings is 1. The number of nitrogens with one attached hydrogen (secondary N) is 2. The summed E-state index contributed by atoms with van der Waals surface area (Å²) >= 11 is 1.30. The molecule has 3 amide bonds. The quantitative estimate of drug-likeness (QED) is 0.556. The van der Waals surface area contributed by atoms with E-state index in [1.165, 1.54) is 11.3 Å². The van der Waals surface area contributed by atoms with E-state index >= 15 is 0 Å². The number of nitrogens with two attached hydrogens (primary N) is 1. The van der Waals surface area contributed by atoms with Crippen molar-refractivity contribution in [3.8, 4) is 5.75 Å².